The molecule has 1 aromatic rings. The Hall–Kier alpha value is -2.63. The molecular formula is C20H24N2O4. The molecule has 1 unspecified atom stereocenters. The Balaban J connectivity index is 1.65. The maximum atomic E-state index is 12.7. The second-order valence-corrected chi connectivity index (χ2v) is 6.98. The summed E-state index contributed by atoms with van der Waals surface area (Å²) in [5.74, 6) is 0.303. The fraction of sp³-hybridized carbons (Fsp3) is 0.450. The molecule has 1 amide bonds. The zero-order valence-electron chi connectivity index (χ0n) is 14.6. The number of rotatable bonds is 3. The van der Waals surface area contributed by atoms with E-state index in [1.54, 1.807) is 0 Å². The van der Waals surface area contributed by atoms with E-state index < -0.39 is 4.92 Å². The Morgan fingerprint density at radius 3 is 2.15 bits per heavy atom. The number of nitro benzene ring substituents is 1. The number of phenols is 1. The van der Waals surface area contributed by atoms with Crippen molar-refractivity contribution in [3.05, 3.63) is 52.6 Å². The Kier molecular flexibility index (Phi) is 5.71. The summed E-state index contributed by atoms with van der Waals surface area (Å²) in [5, 5.41) is 23.4. The fourth-order valence-corrected chi connectivity index (χ4v) is 3.82. The second-order valence-electron chi connectivity index (χ2n) is 6.98. The van der Waals surface area contributed by atoms with Crippen LogP contribution in [0.25, 0.3) is 0 Å². The van der Waals surface area contributed by atoms with Crippen molar-refractivity contribution in [2.24, 2.45) is 17.8 Å². The molecule has 0 aromatic heterocycles. The standard InChI is InChI=1S/C20H24N2O4/c23-18-13-14(22(25)26)11-12-17(18)21-20(24)19-15-9-7-5-3-1-2-4-6-8-10-16(15)19/h3-6,11-13,15-16,19,23H,1-2,7-10H2,(H,21,24)/b5-3-,6-4+/t15-,16-,19?/m0/s1. The van der Waals surface area contributed by atoms with Crippen molar-refractivity contribution in [1.29, 1.82) is 0 Å². The Morgan fingerprint density at radius 2 is 1.62 bits per heavy atom. The average Bonchev–Trinajstić information content (AvgIpc) is 3.29. The quantitative estimate of drug-likeness (QED) is 0.359. The van der Waals surface area contributed by atoms with Crippen molar-refractivity contribution in [2.75, 3.05) is 5.32 Å². The van der Waals surface area contributed by atoms with Gasteiger partial charge in [0.1, 0.15) is 5.75 Å². The minimum atomic E-state index is -0.577. The fourth-order valence-electron chi connectivity index (χ4n) is 3.82. The molecule has 6 heteroatoms. The first-order chi connectivity index (χ1) is 12.6. The third-order valence-electron chi connectivity index (χ3n) is 5.25. The molecule has 2 aliphatic carbocycles. The number of phenolic OH excluding ortho intramolecular Hbond substituents is 1. The predicted molar refractivity (Wildman–Crippen MR) is 99.8 cm³/mol. The van der Waals surface area contributed by atoms with Crippen LogP contribution in [0.3, 0.4) is 0 Å². The number of nitrogens with one attached hydrogen (secondary N) is 1. The van der Waals surface area contributed by atoms with Gasteiger partial charge in [0, 0.05) is 12.0 Å². The van der Waals surface area contributed by atoms with Crippen molar-refractivity contribution >= 4 is 17.3 Å². The highest BCUT2D eigenvalue weighted by atomic mass is 16.6. The minimum absolute atomic E-state index is 0.0489. The summed E-state index contributed by atoms with van der Waals surface area (Å²) in [6, 6.07) is 3.72. The van der Waals surface area contributed by atoms with Gasteiger partial charge >= 0.3 is 0 Å². The molecule has 0 spiro atoms. The Labute approximate surface area is 152 Å². The first-order valence-electron chi connectivity index (χ1n) is 9.16. The number of carbonyl (C=O) groups excluding carboxylic acids is 1. The van der Waals surface area contributed by atoms with Crippen LogP contribution in [0.1, 0.15) is 38.5 Å². The van der Waals surface area contributed by atoms with Crippen LogP contribution in [0.2, 0.25) is 0 Å². The van der Waals surface area contributed by atoms with Crippen LogP contribution in [0.4, 0.5) is 11.4 Å². The first kappa shape index (κ1) is 18.2. The zero-order valence-corrected chi connectivity index (χ0v) is 14.6. The van der Waals surface area contributed by atoms with E-state index in [0.29, 0.717) is 11.8 Å². The van der Waals surface area contributed by atoms with Gasteiger partial charge in [-0.3, -0.25) is 14.9 Å². The van der Waals surface area contributed by atoms with E-state index in [1.807, 2.05) is 0 Å². The molecule has 1 fully saturated rings. The van der Waals surface area contributed by atoms with Gasteiger partial charge in [0.15, 0.2) is 0 Å². The van der Waals surface area contributed by atoms with Crippen molar-refractivity contribution in [3.8, 4) is 5.75 Å². The topological polar surface area (TPSA) is 92.5 Å². The highest BCUT2D eigenvalue weighted by molar-refractivity contribution is 5.96. The third kappa shape index (κ3) is 4.31. The van der Waals surface area contributed by atoms with Gasteiger partial charge in [-0.2, -0.15) is 0 Å². The van der Waals surface area contributed by atoms with Gasteiger partial charge in [-0.1, -0.05) is 24.3 Å². The van der Waals surface area contributed by atoms with Crippen LogP contribution in [-0.4, -0.2) is 15.9 Å². The van der Waals surface area contributed by atoms with Gasteiger partial charge in [0.05, 0.1) is 16.7 Å². The molecule has 2 N–H and O–H groups in total. The number of hydrogen-bond donors (Lipinski definition) is 2. The lowest BCUT2D eigenvalue weighted by atomic mass is 10.1. The molecule has 0 bridgehead atoms. The van der Waals surface area contributed by atoms with E-state index >= 15 is 0 Å². The maximum Gasteiger partial charge on any atom is 0.273 e. The Bertz CT molecular complexity index is 717. The number of fused-ring (bicyclic) bond motifs is 1. The van der Waals surface area contributed by atoms with Gasteiger partial charge in [-0.05, 0) is 56.4 Å². The highest BCUT2D eigenvalue weighted by Gasteiger charge is 2.52. The lowest BCUT2D eigenvalue weighted by Crippen LogP contribution is -2.16. The van der Waals surface area contributed by atoms with E-state index in [-0.39, 0.29) is 28.9 Å². The number of aromatic hydroxyl groups is 1. The SMILES string of the molecule is O=C(Nc1ccc([N+](=O)[O-])cc1O)C1[C@H]2CC/C=C\CC/C=C/CC[C@H]12. The Morgan fingerprint density at radius 1 is 1.04 bits per heavy atom. The molecule has 2 aliphatic rings. The number of carbonyl (C=O) groups is 1. The zero-order chi connectivity index (χ0) is 18.5. The number of benzene rings is 1. The van der Waals surface area contributed by atoms with E-state index in [9.17, 15) is 20.0 Å². The molecule has 138 valence electrons. The van der Waals surface area contributed by atoms with Crippen molar-refractivity contribution in [2.45, 2.75) is 38.5 Å². The summed E-state index contributed by atoms with van der Waals surface area (Å²) in [6.45, 7) is 0. The van der Waals surface area contributed by atoms with Crippen LogP contribution in [0, 0.1) is 27.9 Å². The van der Waals surface area contributed by atoms with Crippen molar-refractivity contribution in [1.82, 2.24) is 0 Å². The van der Waals surface area contributed by atoms with Gasteiger partial charge in [-0.15, -0.1) is 0 Å². The first-order valence-corrected chi connectivity index (χ1v) is 9.16. The number of amides is 1. The average molecular weight is 356 g/mol. The summed E-state index contributed by atoms with van der Waals surface area (Å²) in [4.78, 5) is 22.8. The molecular weight excluding hydrogens is 332 g/mol. The molecule has 0 aliphatic heterocycles. The molecule has 1 aromatic carbocycles. The van der Waals surface area contributed by atoms with Crippen LogP contribution in [0.5, 0.6) is 5.75 Å². The summed E-state index contributed by atoms with van der Waals surface area (Å²) < 4.78 is 0. The lowest BCUT2D eigenvalue weighted by molar-refractivity contribution is -0.384. The smallest absolute Gasteiger partial charge is 0.273 e. The number of anilines is 1. The number of non-ortho nitro benzene ring substituents is 1. The second kappa shape index (κ2) is 8.17. The van der Waals surface area contributed by atoms with Crippen LogP contribution < -0.4 is 5.32 Å². The summed E-state index contributed by atoms with van der Waals surface area (Å²) in [5.41, 5.74) is 0.0227. The number of hydrogen-bond acceptors (Lipinski definition) is 4. The van der Waals surface area contributed by atoms with Crippen LogP contribution >= 0.6 is 0 Å². The van der Waals surface area contributed by atoms with Crippen LogP contribution in [-0.2, 0) is 4.79 Å². The molecule has 0 saturated heterocycles. The number of allylic oxidation sites excluding steroid dienone is 4. The summed E-state index contributed by atoms with van der Waals surface area (Å²) >= 11 is 0. The van der Waals surface area contributed by atoms with Crippen molar-refractivity contribution < 1.29 is 14.8 Å². The van der Waals surface area contributed by atoms with E-state index in [0.717, 1.165) is 44.6 Å². The highest BCUT2D eigenvalue weighted by Crippen LogP contribution is 2.52. The van der Waals surface area contributed by atoms with Gasteiger partial charge < -0.3 is 10.4 Å². The van der Waals surface area contributed by atoms with Gasteiger partial charge in [-0.25, -0.2) is 0 Å². The lowest BCUT2D eigenvalue weighted by Gasteiger charge is -2.07. The summed E-state index contributed by atoms with van der Waals surface area (Å²) in [7, 11) is 0. The third-order valence-corrected chi connectivity index (χ3v) is 5.25. The largest absolute Gasteiger partial charge is 0.506 e. The van der Waals surface area contributed by atoms with Crippen LogP contribution in [0.15, 0.2) is 42.5 Å². The molecule has 1 saturated carbocycles. The number of nitro groups is 1. The summed E-state index contributed by atoms with van der Waals surface area (Å²) in [6.07, 6.45) is 14.9. The van der Waals surface area contributed by atoms with Gasteiger partial charge in [0.25, 0.3) is 5.69 Å². The van der Waals surface area contributed by atoms with Gasteiger partial charge in [0.2, 0.25) is 5.91 Å². The normalized spacial score (nSPS) is 27.9. The molecule has 0 radical (unpaired) electrons. The number of nitrogens with zero attached hydrogens (tertiary/aromatic N) is 1. The molecule has 0 heterocycles. The molecule has 3 atom stereocenters. The van der Waals surface area contributed by atoms with E-state index in [4.69, 9.17) is 0 Å². The molecule has 3 rings (SSSR count). The minimum Gasteiger partial charge on any atom is -0.506 e. The van der Waals surface area contributed by atoms with Crippen molar-refractivity contribution in [3.63, 3.8) is 0 Å². The molecule has 6 nitrogen and oxygen atoms in total. The molecule has 26 heavy (non-hydrogen) atoms. The maximum absolute atomic E-state index is 12.7. The van der Waals surface area contributed by atoms with E-state index in [2.05, 4.69) is 29.6 Å². The predicted octanol–water partition coefficient (Wildman–Crippen LogP) is 4.57. The van der Waals surface area contributed by atoms with E-state index in [1.165, 1.54) is 12.1 Å². The monoisotopic (exact) mass is 356 g/mol.